The van der Waals surface area contributed by atoms with E-state index in [2.05, 4.69) is 10.6 Å². The summed E-state index contributed by atoms with van der Waals surface area (Å²) in [5, 5.41) is 17.7. The molecule has 0 fully saturated rings. The maximum absolute atomic E-state index is 11.6. The summed E-state index contributed by atoms with van der Waals surface area (Å²) in [6, 6.07) is 1.33. The van der Waals surface area contributed by atoms with E-state index in [-0.39, 0.29) is 12.6 Å². The molecule has 0 spiro atoms. The number of nitrogens with one attached hydrogen (secondary N) is 2. The fraction of sp³-hybridized carbons (Fsp3) is 0.500. The molecule has 0 radical (unpaired) electrons. The SMILES string of the molecule is CC(C)CC(CO)NC(=O)C(=O)Nc1ccsc1. The number of hydrogen-bond donors (Lipinski definition) is 3. The van der Waals surface area contributed by atoms with Gasteiger partial charge in [-0.25, -0.2) is 0 Å². The fourth-order valence-corrected chi connectivity index (χ4v) is 2.11. The van der Waals surface area contributed by atoms with Gasteiger partial charge in [-0.1, -0.05) is 13.8 Å². The minimum Gasteiger partial charge on any atom is -0.394 e. The molecule has 1 unspecified atom stereocenters. The number of carbonyl (C=O) groups excluding carboxylic acids is 2. The molecule has 2 amide bonds. The van der Waals surface area contributed by atoms with Gasteiger partial charge in [-0.15, -0.1) is 0 Å². The van der Waals surface area contributed by atoms with Gasteiger partial charge >= 0.3 is 11.8 Å². The zero-order valence-electron chi connectivity index (χ0n) is 10.5. The third-order valence-electron chi connectivity index (χ3n) is 2.30. The zero-order chi connectivity index (χ0) is 13.5. The summed E-state index contributed by atoms with van der Waals surface area (Å²) in [4.78, 5) is 23.1. The molecule has 100 valence electrons. The Bertz CT molecular complexity index is 390. The fourth-order valence-electron chi connectivity index (χ4n) is 1.52. The molecule has 3 N–H and O–H groups in total. The van der Waals surface area contributed by atoms with Crippen LogP contribution in [0.15, 0.2) is 16.8 Å². The lowest BCUT2D eigenvalue weighted by Gasteiger charge is -2.17. The molecule has 0 saturated heterocycles. The van der Waals surface area contributed by atoms with Gasteiger partial charge < -0.3 is 15.7 Å². The van der Waals surface area contributed by atoms with Crippen molar-refractivity contribution in [2.45, 2.75) is 26.3 Å². The van der Waals surface area contributed by atoms with Crippen molar-refractivity contribution in [3.05, 3.63) is 16.8 Å². The van der Waals surface area contributed by atoms with E-state index < -0.39 is 11.8 Å². The number of aliphatic hydroxyl groups is 1. The second kappa shape index (κ2) is 7.13. The first-order valence-electron chi connectivity index (χ1n) is 5.77. The Morgan fingerprint density at radius 2 is 2.11 bits per heavy atom. The average Bonchev–Trinajstić information content (AvgIpc) is 2.80. The lowest BCUT2D eigenvalue weighted by molar-refractivity contribution is -0.136. The summed E-state index contributed by atoms with van der Waals surface area (Å²) < 4.78 is 0. The number of rotatable bonds is 5. The molecule has 0 aromatic carbocycles. The smallest absolute Gasteiger partial charge is 0.313 e. The van der Waals surface area contributed by atoms with Gasteiger partial charge in [0.2, 0.25) is 0 Å². The Hall–Kier alpha value is -1.40. The molecule has 1 aromatic heterocycles. The largest absolute Gasteiger partial charge is 0.394 e. The van der Waals surface area contributed by atoms with Gasteiger partial charge in [0.25, 0.3) is 0 Å². The molecular weight excluding hydrogens is 252 g/mol. The lowest BCUT2D eigenvalue weighted by atomic mass is 10.0. The van der Waals surface area contributed by atoms with E-state index in [1.807, 2.05) is 19.2 Å². The van der Waals surface area contributed by atoms with Gasteiger partial charge in [0.05, 0.1) is 18.3 Å². The molecule has 5 nitrogen and oxygen atoms in total. The highest BCUT2D eigenvalue weighted by atomic mass is 32.1. The van der Waals surface area contributed by atoms with Crippen LogP contribution in [0.25, 0.3) is 0 Å². The number of hydrogen-bond acceptors (Lipinski definition) is 4. The van der Waals surface area contributed by atoms with Crippen LogP contribution < -0.4 is 10.6 Å². The molecule has 0 aliphatic heterocycles. The Labute approximate surface area is 110 Å². The van der Waals surface area contributed by atoms with Gasteiger partial charge in [-0.05, 0) is 23.8 Å². The third-order valence-corrected chi connectivity index (χ3v) is 2.98. The maximum Gasteiger partial charge on any atom is 0.313 e. The summed E-state index contributed by atoms with van der Waals surface area (Å²) in [6.07, 6.45) is 0.633. The number of aliphatic hydroxyl groups excluding tert-OH is 1. The van der Waals surface area contributed by atoms with Crippen molar-refractivity contribution in [2.24, 2.45) is 5.92 Å². The van der Waals surface area contributed by atoms with Crippen molar-refractivity contribution in [2.75, 3.05) is 11.9 Å². The predicted octanol–water partition coefficient (Wildman–Crippen LogP) is 1.21. The third kappa shape index (κ3) is 4.85. The Morgan fingerprint density at radius 3 is 2.61 bits per heavy atom. The van der Waals surface area contributed by atoms with Gasteiger partial charge in [0, 0.05) is 5.38 Å². The number of amides is 2. The minimum absolute atomic E-state index is 0.171. The molecular formula is C12H18N2O3S. The quantitative estimate of drug-likeness (QED) is 0.704. The lowest BCUT2D eigenvalue weighted by Crippen LogP contribution is -2.44. The van der Waals surface area contributed by atoms with Crippen LogP contribution in [0.5, 0.6) is 0 Å². The standard InChI is InChI=1S/C12H18N2O3S/c1-8(2)5-10(6-15)14-12(17)11(16)13-9-3-4-18-7-9/h3-4,7-8,10,15H,5-6H2,1-2H3,(H,13,16)(H,14,17). The highest BCUT2D eigenvalue weighted by Crippen LogP contribution is 2.11. The van der Waals surface area contributed by atoms with Crippen LogP contribution in [0, 0.1) is 5.92 Å². The molecule has 1 atom stereocenters. The van der Waals surface area contributed by atoms with Gasteiger partial charge in [-0.2, -0.15) is 11.3 Å². The summed E-state index contributed by atoms with van der Waals surface area (Å²) in [6.45, 7) is 3.80. The van der Waals surface area contributed by atoms with Crippen LogP contribution in [0.3, 0.4) is 0 Å². The summed E-state index contributed by atoms with van der Waals surface area (Å²) >= 11 is 1.43. The zero-order valence-corrected chi connectivity index (χ0v) is 11.3. The molecule has 1 aromatic rings. The van der Waals surface area contributed by atoms with E-state index in [4.69, 9.17) is 5.11 Å². The van der Waals surface area contributed by atoms with E-state index in [9.17, 15) is 9.59 Å². The van der Waals surface area contributed by atoms with E-state index in [1.165, 1.54) is 11.3 Å². The van der Waals surface area contributed by atoms with Crippen molar-refractivity contribution in [1.82, 2.24) is 5.32 Å². The Morgan fingerprint density at radius 1 is 1.39 bits per heavy atom. The van der Waals surface area contributed by atoms with Crippen LogP contribution in [0.2, 0.25) is 0 Å². The monoisotopic (exact) mass is 270 g/mol. The van der Waals surface area contributed by atoms with Crippen LogP contribution in [0.1, 0.15) is 20.3 Å². The van der Waals surface area contributed by atoms with Gasteiger partial charge in [0.1, 0.15) is 0 Å². The Balaban J connectivity index is 2.45. The minimum atomic E-state index is -0.721. The molecule has 18 heavy (non-hydrogen) atoms. The molecule has 1 rings (SSSR count). The molecule has 6 heteroatoms. The first kappa shape index (κ1) is 14.7. The number of anilines is 1. The summed E-state index contributed by atoms with van der Waals surface area (Å²) in [5.74, 6) is -1.10. The van der Waals surface area contributed by atoms with E-state index >= 15 is 0 Å². The highest BCUT2D eigenvalue weighted by Gasteiger charge is 2.19. The topological polar surface area (TPSA) is 78.4 Å². The molecule has 0 bridgehead atoms. The van der Waals surface area contributed by atoms with Crippen LogP contribution in [-0.4, -0.2) is 29.6 Å². The normalized spacial score (nSPS) is 12.2. The van der Waals surface area contributed by atoms with E-state index in [0.717, 1.165) is 0 Å². The van der Waals surface area contributed by atoms with Crippen molar-refractivity contribution < 1.29 is 14.7 Å². The summed E-state index contributed by atoms with van der Waals surface area (Å²) in [5.41, 5.74) is 0.601. The van der Waals surface area contributed by atoms with Crippen molar-refractivity contribution in [3.63, 3.8) is 0 Å². The van der Waals surface area contributed by atoms with Crippen molar-refractivity contribution in [3.8, 4) is 0 Å². The molecule has 0 aliphatic carbocycles. The van der Waals surface area contributed by atoms with Crippen LogP contribution in [-0.2, 0) is 9.59 Å². The second-order valence-corrected chi connectivity index (χ2v) is 5.23. The highest BCUT2D eigenvalue weighted by molar-refractivity contribution is 7.08. The second-order valence-electron chi connectivity index (χ2n) is 4.45. The molecule has 0 aliphatic rings. The van der Waals surface area contributed by atoms with Crippen molar-refractivity contribution in [1.29, 1.82) is 0 Å². The van der Waals surface area contributed by atoms with Crippen LogP contribution in [0.4, 0.5) is 5.69 Å². The van der Waals surface area contributed by atoms with Gasteiger partial charge in [-0.3, -0.25) is 9.59 Å². The van der Waals surface area contributed by atoms with Crippen molar-refractivity contribution >= 4 is 28.8 Å². The van der Waals surface area contributed by atoms with Gasteiger partial charge in [0.15, 0.2) is 0 Å². The van der Waals surface area contributed by atoms with E-state index in [1.54, 1.807) is 11.4 Å². The maximum atomic E-state index is 11.6. The predicted molar refractivity (Wildman–Crippen MR) is 71.4 cm³/mol. The number of carbonyl (C=O) groups is 2. The van der Waals surface area contributed by atoms with Crippen LogP contribution >= 0.6 is 11.3 Å². The summed E-state index contributed by atoms with van der Waals surface area (Å²) in [7, 11) is 0. The number of thiophene rings is 1. The Kier molecular flexibility index (Phi) is 5.80. The first-order chi connectivity index (χ1) is 8.52. The first-order valence-corrected chi connectivity index (χ1v) is 6.72. The molecule has 0 saturated carbocycles. The van der Waals surface area contributed by atoms with E-state index in [0.29, 0.717) is 18.0 Å². The average molecular weight is 270 g/mol. The molecule has 1 heterocycles.